The lowest BCUT2D eigenvalue weighted by molar-refractivity contribution is 0.0718. The van der Waals surface area contributed by atoms with Crippen molar-refractivity contribution in [3.05, 3.63) is 72.2 Å². The number of piperazine rings is 1. The Morgan fingerprint density at radius 1 is 0.889 bits per heavy atom. The molecule has 0 radical (unpaired) electrons. The molecule has 3 heterocycles. The monoisotopic (exact) mass is 487 g/mol. The Morgan fingerprint density at radius 3 is 2.22 bits per heavy atom. The molecule has 10 nitrogen and oxygen atoms in total. The summed E-state index contributed by atoms with van der Waals surface area (Å²) in [5.74, 6) is 0.631. The van der Waals surface area contributed by atoms with Crippen molar-refractivity contribution in [1.29, 1.82) is 0 Å². The molecular formula is C26H25N5O5. The van der Waals surface area contributed by atoms with E-state index in [1.807, 2.05) is 17.0 Å². The zero-order valence-corrected chi connectivity index (χ0v) is 19.9. The second-order valence-corrected chi connectivity index (χ2v) is 8.12. The first-order chi connectivity index (χ1) is 17.6. The van der Waals surface area contributed by atoms with E-state index in [0.29, 0.717) is 60.3 Å². The molecule has 2 amide bonds. The fraction of sp³-hybridized carbons (Fsp3) is 0.231. The SMILES string of the molecule is COc1cccc(OC)c1C(=O)Nc1c(C(=O)N2CCN(c3ncccn3)CC2)oc2ccccc12. The number of benzene rings is 2. The molecule has 10 heteroatoms. The summed E-state index contributed by atoms with van der Waals surface area (Å²) in [5.41, 5.74) is 1.03. The van der Waals surface area contributed by atoms with E-state index in [1.54, 1.807) is 53.7 Å². The number of methoxy groups -OCH3 is 2. The van der Waals surface area contributed by atoms with E-state index in [0.717, 1.165) is 0 Å². The maximum Gasteiger partial charge on any atom is 0.291 e. The van der Waals surface area contributed by atoms with Gasteiger partial charge in [0.2, 0.25) is 11.7 Å². The molecule has 0 aliphatic carbocycles. The van der Waals surface area contributed by atoms with Crippen LogP contribution in [0.4, 0.5) is 11.6 Å². The first-order valence-corrected chi connectivity index (χ1v) is 11.5. The van der Waals surface area contributed by atoms with E-state index < -0.39 is 5.91 Å². The third-order valence-electron chi connectivity index (χ3n) is 6.09. The van der Waals surface area contributed by atoms with E-state index in [2.05, 4.69) is 15.3 Å². The number of amides is 2. The largest absolute Gasteiger partial charge is 0.496 e. The summed E-state index contributed by atoms with van der Waals surface area (Å²) in [7, 11) is 2.96. The number of rotatable bonds is 6. The van der Waals surface area contributed by atoms with E-state index in [4.69, 9.17) is 13.9 Å². The standard InChI is InChI=1S/C26H25N5O5/c1-34-19-9-5-10-20(35-2)21(19)24(32)29-22-17-7-3-4-8-18(17)36-23(22)25(33)30-13-15-31(16-14-30)26-27-11-6-12-28-26/h3-12H,13-16H2,1-2H3,(H,29,32). The number of hydrogen-bond acceptors (Lipinski definition) is 8. The highest BCUT2D eigenvalue weighted by Crippen LogP contribution is 2.35. The number of ether oxygens (including phenoxy) is 2. The van der Waals surface area contributed by atoms with Gasteiger partial charge in [-0.2, -0.15) is 0 Å². The minimum Gasteiger partial charge on any atom is -0.496 e. The summed E-state index contributed by atoms with van der Waals surface area (Å²) < 4.78 is 16.7. The van der Waals surface area contributed by atoms with Gasteiger partial charge in [0, 0.05) is 44.0 Å². The van der Waals surface area contributed by atoms with E-state index >= 15 is 0 Å². The minimum absolute atomic E-state index is 0.0721. The molecular weight excluding hydrogens is 462 g/mol. The molecule has 2 aromatic heterocycles. The third kappa shape index (κ3) is 4.28. The normalized spacial score (nSPS) is 13.5. The third-order valence-corrected chi connectivity index (χ3v) is 6.09. The molecule has 1 aliphatic heterocycles. The summed E-state index contributed by atoms with van der Waals surface area (Å²) in [5, 5.41) is 3.51. The number of hydrogen-bond donors (Lipinski definition) is 1. The smallest absolute Gasteiger partial charge is 0.291 e. The van der Waals surface area contributed by atoms with Crippen LogP contribution in [0.2, 0.25) is 0 Å². The summed E-state index contributed by atoms with van der Waals surface area (Å²) in [4.78, 5) is 39.3. The Labute approximate surface area is 207 Å². The lowest BCUT2D eigenvalue weighted by Crippen LogP contribution is -2.49. The number of nitrogens with zero attached hydrogens (tertiary/aromatic N) is 4. The number of anilines is 2. The van der Waals surface area contributed by atoms with Crippen LogP contribution < -0.4 is 19.7 Å². The molecule has 2 aromatic carbocycles. The molecule has 1 fully saturated rings. The van der Waals surface area contributed by atoms with Crippen molar-refractivity contribution >= 4 is 34.4 Å². The Morgan fingerprint density at radius 2 is 1.56 bits per heavy atom. The summed E-state index contributed by atoms with van der Waals surface area (Å²) in [6, 6.07) is 14.0. The van der Waals surface area contributed by atoms with Gasteiger partial charge >= 0.3 is 0 Å². The average Bonchev–Trinajstić information content (AvgIpc) is 3.30. The van der Waals surface area contributed by atoms with Crippen LogP contribution in [0.5, 0.6) is 11.5 Å². The van der Waals surface area contributed by atoms with Gasteiger partial charge in [-0.15, -0.1) is 0 Å². The lowest BCUT2D eigenvalue weighted by atomic mass is 10.1. The Hall–Kier alpha value is -4.60. The topological polar surface area (TPSA) is 110 Å². The number of para-hydroxylation sites is 1. The van der Waals surface area contributed by atoms with E-state index in [1.165, 1.54) is 14.2 Å². The Kier molecular flexibility index (Phi) is 6.40. The zero-order chi connectivity index (χ0) is 25.1. The Bertz CT molecular complexity index is 1370. The number of carbonyl (C=O) groups excluding carboxylic acids is 2. The highest BCUT2D eigenvalue weighted by atomic mass is 16.5. The van der Waals surface area contributed by atoms with Gasteiger partial charge in [-0.05, 0) is 30.3 Å². The molecule has 36 heavy (non-hydrogen) atoms. The number of aromatic nitrogens is 2. The summed E-state index contributed by atoms with van der Waals surface area (Å²) in [6.45, 7) is 2.08. The van der Waals surface area contributed by atoms with Gasteiger partial charge in [0.15, 0.2) is 0 Å². The number of carbonyl (C=O) groups is 2. The molecule has 0 bridgehead atoms. The molecule has 0 unspecified atom stereocenters. The van der Waals surface area contributed by atoms with Crippen LogP contribution in [-0.2, 0) is 0 Å². The number of nitrogens with one attached hydrogen (secondary N) is 1. The molecule has 0 atom stereocenters. The summed E-state index contributed by atoms with van der Waals surface area (Å²) in [6.07, 6.45) is 3.39. The van der Waals surface area contributed by atoms with E-state index in [9.17, 15) is 9.59 Å². The van der Waals surface area contributed by atoms with Gasteiger partial charge in [-0.3, -0.25) is 9.59 Å². The van der Waals surface area contributed by atoms with Crippen molar-refractivity contribution < 1.29 is 23.5 Å². The van der Waals surface area contributed by atoms with Crippen molar-refractivity contribution in [1.82, 2.24) is 14.9 Å². The van der Waals surface area contributed by atoms with Crippen molar-refractivity contribution in [2.24, 2.45) is 0 Å². The number of fused-ring (bicyclic) bond motifs is 1. The highest BCUT2D eigenvalue weighted by Gasteiger charge is 2.30. The summed E-state index contributed by atoms with van der Waals surface area (Å²) >= 11 is 0. The van der Waals surface area contributed by atoms with Gasteiger partial charge in [-0.1, -0.05) is 18.2 Å². The van der Waals surface area contributed by atoms with Crippen LogP contribution >= 0.6 is 0 Å². The fourth-order valence-electron chi connectivity index (χ4n) is 4.28. The fourth-order valence-corrected chi connectivity index (χ4v) is 4.28. The average molecular weight is 488 g/mol. The van der Waals surface area contributed by atoms with Crippen LogP contribution in [-0.4, -0.2) is 67.1 Å². The second kappa shape index (κ2) is 9.95. The van der Waals surface area contributed by atoms with Crippen LogP contribution in [0.1, 0.15) is 20.9 Å². The highest BCUT2D eigenvalue weighted by molar-refractivity contribution is 6.16. The number of furan rings is 1. The molecule has 0 saturated carbocycles. The maximum atomic E-state index is 13.6. The van der Waals surface area contributed by atoms with Crippen molar-refractivity contribution in [2.75, 3.05) is 50.6 Å². The molecule has 1 saturated heterocycles. The molecule has 184 valence electrons. The predicted octanol–water partition coefficient (Wildman–Crippen LogP) is 3.45. The van der Waals surface area contributed by atoms with E-state index in [-0.39, 0.29) is 17.2 Å². The van der Waals surface area contributed by atoms with Crippen molar-refractivity contribution in [3.8, 4) is 11.5 Å². The van der Waals surface area contributed by atoms with Crippen LogP contribution in [0, 0.1) is 0 Å². The van der Waals surface area contributed by atoms with Gasteiger partial charge in [0.25, 0.3) is 11.8 Å². The quantitative estimate of drug-likeness (QED) is 0.440. The molecule has 0 spiro atoms. The zero-order valence-electron chi connectivity index (χ0n) is 19.9. The van der Waals surface area contributed by atoms with Crippen LogP contribution in [0.15, 0.2) is 65.3 Å². The van der Waals surface area contributed by atoms with Gasteiger partial charge < -0.3 is 29.0 Å². The first kappa shape index (κ1) is 23.2. The molecule has 4 aromatic rings. The van der Waals surface area contributed by atoms with Crippen LogP contribution in [0.3, 0.4) is 0 Å². The van der Waals surface area contributed by atoms with Gasteiger partial charge in [0.05, 0.1) is 14.2 Å². The molecule has 1 aliphatic rings. The Balaban J connectivity index is 1.43. The van der Waals surface area contributed by atoms with Crippen LogP contribution in [0.25, 0.3) is 11.0 Å². The second-order valence-electron chi connectivity index (χ2n) is 8.12. The lowest BCUT2D eigenvalue weighted by Gasteiger charge is -2.34. The van der Waals surface area contributed by atoms with Gasteiger partial charge in [0.1, 0.15) is 28.3 Å². The molecule has 1 N–H and O–H groups in total. The maximum absolute atomic E-state index is 13.6. The predicted molar refractivity (Wildman–Crippen MR) is 134 cm³/mol. The molecule has 5 rings (SSSR count). The van der Waals surface area contributed by atoms with Crippen molar-refractivity contribution in [3.63, 3.8) is 0 Å². The van der Waals surface area contributed by atoms with Crippen molar-refractivity contribution in [2.45, 2.75) is 0 Å². The van der Waals surface area contributed by atoms with Gasteiger partial charge in [-0.25, -0.2) is 9.97 Å². The first-order valence-electron chi connectivity index (χ1n) is 11.5. The minimum atomic E-state index is -0.476.